The molecule has 1 atom stereocenters. The maximum absolute atomic E-state index is 10.9. The average Bonchev–Trinajstić information content (AvgIpc) is 3.18. The molecule has 2 aliphatic heterocycles. The number of ether oxygens (including phenoxy) is 1. The van der Waals surface area contributed by atoms with Crippen LogP contribution in [0, 0.1) is 5.41 Å². The highest BCUT2D eigenvalue weighted by molar-refractivity contribution is 5.72. The number of benzene rings is 1. The number of rotatable bonds is 8. The Morgan fingerprint density at radius 2 is 1.74 bits per heavy atom. The molecule has 6 heteroatoms. The van der Waals surface area contributed by atoms with Crippen LogP contribution in [0.2, 0.25) is 0 Å². The number of hydrogen-bond acceptors (Lipinski definition) is 5. The second-order valence-electron chi connectivity index (χ2n) is 8.16. The topological polar surface area (TPSA) is 73.2 Å². The fourth-order valence-corrected chi connectivity index (χ4v) is 4.15. The molecule has 2 saturated heterocycles. The normalized spacial score (nSPS) is 21.9. The van der Waals surface area contributed by atoms with Crippen LogP contribution in [0.4, 0.5) is 0 Å². The Kier molecular flexibility index (Phi) is 6.73. The van der Waals surface area contributed by atoms with Gasteiger partial charge in [-0.1, -0.05) is 12.1 Å². The molecule has 3 rings (SSSR count). The highest BCUT2D eigenvalue weighted by Gasteiger charge is 2.36. The zero-order valence-electron chi connectivity index (χ0n) is 16.3. The van der Waals surface area contributed by atoms with Gasteiger partial charge in [-0.15, -0.1) is 0 Å². The van der Waals surface area contributed by atoms with Gasteiger partial charge >= 0.3 is 5.97 Å². The van der Waals surface area contributed by atoms with E-state index < -0.39 is 12.1 Å². The highest BCUT2D eigenvalue weighted by atomic mass is 16.5. The lowest BCUT2D eigenvalue weighted by Crippen LogP contribution is -2.47. The first-order valence-corrected chi connectivity index (χ1v) is 10.0. The predicted octanol–water partition coefficient (Wildman–Crippen LogP) is 2.21. The van der Waals surface area contributed by atoms with Crippen molar-refractivity contribution in [2.75, 3.05) is 39.3 Å². The summed E-state index contributed by atoms with van der Waals surface area (Å²) in [5, 5.41) is 18.9. The molecular formula is C21H32N2O4. The first-order valence-electron chi connectivity index (χ1n) is 10.0. The van der Waals surface area contributed by atoms with Crippen LogP contribution in [-0.4, -0.2) is 71.4 Å². The Balaban J connectivity index is 1.49. The summed E-state index contributed by atoms with van der Waals surface area (Å²) in [5.41, 5.74) is 1.26. The van der Waals surface area contributed by atoms with E-state index in [0.29, 0.717) is 5.75 Å². The quantitative estimate of drug-likeness (QED) is 0.725. The van der Waals surface area contributed by atoms with E-state index in [1.165, 1.54) is 38.4 Å². The van der Waals surface area contributed by atoms with Gasteiger partial charge in [0.2, 0.25) is 0 Å². The summed E-state index contributed by atoms with van der Waals surface area (Å²) in [6.45, 7) is 8.09. The standard InChI is InChI=1S/C21H32N2O4/c1-17(20(25)26)27-19-6-4-18(5-7-19)14-22-12-8-21(16-24,9-13-22)15-23-10-2-3-11-23/h4-7,17,24H,2-3,8-16H2,1H3,(H,25,26)/t17-/m1/s1. The van der Waals surface area contributed by atoms with Gasteiger partial charge in [-0.25, -0.2) is 4.79 Å². The average molecular weight is 376 g/mol. The Labute approximate surface area is 161 Å². The molecule has 0 unspecified atom stereocenters. The van der Waals surface area contributed by atoms with Crippen LogP contribution >= 0.6 is 0 Å². The summed E-state index contributed by atoms with van der Waals surface area (Å²) in [6.07, 6.45) is 3.81. The molecule has 1 aromatic rings. The van der Waals surface area contributed by atoms with Crippen LogP contribution in [0.15, 0.2) is 24.3 Å². The third-order valence-electron chi connectivity index (χ3n) is 6.00. The Bertz CT molecular complexity index is 605. The van der Waals surface area contributed by atoms with Crippen molar-refractivity contribution in [3.8, 4) is 5.75 Å². The zero-order chi connectivity index (χ0) is 19.3. The number of aliphatic hydroxyl groups excluding tert-OH is 1. The maximum Gasteiger partial charge on any atom is 0.344 e. The number of aliphatic hydroxyl groups is 1. The monoisotopic (exact) mass is 376 g/mol. The molecule has 0 bridgehead atoms. The summed E-state index contributed by atoms with van der Waals surface area (Å²) < 4.78 is 5.38. The summed E-state index contributed by atoms with van der Waals surface area (Å²) in [7, 11) is 0. The maximum atomic E-state index is 10.9. The number of carboxylic acids is 1. The molecule has 2 heterocycles. The third-order valence-corrected chi connectivity index (χ3v) is 6.00. The molecule has 1 aromatic carbocycles. The molecule has 2 fully saturated rings. The second-order valence-corrected chi connectivity index (χ2v) is 8.16. The largest absolute Gasteiger partial charge is 0.479 e. The first-order chi connectivity index (χ1) is 13.0. The van der Waals surface area contributed by atoms with Gasteiger partial charge in [-0.3, -0.25) is 4.90 Å². The fourth-order valence-electron chi connectivity index (χ4n) is 4.15. The van der Waals surface area contributed by atoms with Gasteiger partial charge in [-0.2, -0.15) is 0 Å². The third kappa shape index (κ3) is 5.43. The molecule has 2 aliphatic rings. The molecule has 0 aromatic heterocycles. The lowest BCUT2D eigenvalue weighted by molar-refractivity contribution is -0.144. The van der Waals surface area contributed by atoms with Gasteiger partial charge in [0.25, 0.3) is 0 Å². The lowest BCUT2D eigenvalue weighted by Gasteiger charge is -2.42. The molecule has 0 aliphatic carbocycles. The van der Waals surface area contributed by atoms with Gasteiger partial charge in [0.05, 0.1) is 6.61 Å². The van der Waals surface area contributed by atoms with Crippen molar-refractivity contribution in [1.82, 2.24) is 9.80 Å². The van der Waals surface area contributed by atoms with Gasteiger partial charge in [0, 0.05) is 18.5 Å². The SMILES string of the molecule is C[C@@H](Oc1ccc(CN2CCC(CO)(CN3CCCC3)CC2)cc1)C(=O)O. The van der Waals surface area contributed by atoms with Crippen LogP contribution in [0.25, 0.3) is 0 Å². The summed E-state index contributed by atoms with van der Waals surface area (Å²) in [6, 6.07) is 7.68. The van der Waals surface area contributed by atoms with Crippen molar-refractivity contribution in [2.45, 2.75) is 45.3 Å². The Hall–Kier alpha value is -1.63. The molecule has 27 heavy (non-hydrogen) atoms. The Morgan fingerprint density at radius 3 is 2.30 bits per heavy atom. The number of nitrogens with zero attached hydrogens (tertiary/aromatic N) is 2. The molecule has 6 nitrogen and oxygen atoms in total. The lowest BCUT2D eigenvalue weighted by atomic mass is 9.78. The van der Waals surface area contributed by atoms with Crippen molar-refractivity contribution in [3.63, 3.8) is 0 Å². The van der Waals surface area contributed by atoms with E-state index in [1.54, 1.807) is 0 Å². The summed E-state index contributed by atoms with van der Waals surface area (Å²) in [4.78, 5) is 15.8. The molecule has 150 valence electrons. The van der Waals surface area contributed by atoms with E-state index in [0.717, 1.165) is 39.0 Å². The van der Waals surface area contributed by atoms with Crippen LogP contribution in [-0.2, 0) is 11.3 Å². The Morgan fingerprint density at radius 1 is 1.11 bits per heavy atom. The van der Waals surface area contributed by atoms with E-state index in [-0.39, 0.29) is 12.0 Å². The smallest absolute Gasteiger partial charge is 0.344 e. The van der Waals surface area contributed by atoms with Crippen molar-refractivity contribution >= 4 is 5.97 Å². The van der Waals surface area contributed by atoms with Gasteiger partial charge in [-0.05, 0) is 76.5 Å². The molecule has 0 saturated carbocycles. The van der Waals surface area contributed by atoms with Crippen molar-refractivity contribution in [1.29, 1.82) is 0 Å². The van der Waals surface area contributed by atoms with E-state index in [4.69, 9.17) is 9.84 Å². The number of hydrogen-bond donors (Lipinski definition) is 2. The molecule has 0 radical (unpaired) electrons. The minimum atomic E-state index is -0.964. The minimum absolute atomic E-state index is 0.0610. The van der Waals surface area contributed by atoms with Crippen molar-refractivity contribution < 1.29 is 19.7 Å². The van der Waals surface area contributed by atoms with Gasteiger partial charge < -0.3 is 19.8 Å². The van der Waals surface area contributed by atoms with Crippen LogP contribution in [0.3, 0.4) is 0 Å². The molecule has 2 N–H and O–H groups in total. The molecule has 0 amide bonds. The van der Waals surface area contributed by atoms with Crippen molar-refractivity contribution in [2.24, 2.45) is 5.41 Å². The van der Waals surface area contributed by atoms with Gasteiger partial charge in [0.15, 0.2) is 6.10 Å². The highest BCUT2D eigenvalue weighted by Crippen LogP contribution is 2.33. The number of piperidine rings is 1. The second kappa shape index (κ2) is 9.04. The number of carbonyl (C=O) groups is 1. The minimum Gasteiger partial charge on any atom is -0.479 e. The first kappa shape index (κ1) is 20.1. The fraction of sp³-hybridized carbons (Fsp3) is 0.667. The molecular weight excluding hydrogens is 344 g/mol. The number of carboxylic acid groups (broad SMARTS) is 1. The van der Waals surface area contributed by atoms with Crippen LogP contribution < -0.4 is 4.74 Å². The summed E-state index contributed by atoms with van der Waals surface area (Å²) >= 11 is 0. The van der Waals surface area contributed by atoms with Gasteiger partial charge in [0.1, 0.15) is 5.75 Å². The zero-order valence-corrected chi connectivity index (χ0v) is 16.3. The number of likely N-dealkylation sites (tertiary alicyclic amines) is 2. The van der Waals surface area contributed by atoms with E-state index in [1.807, 2.05) is 24.3 Å². The van der Waals surface area contributed by atoms with E-state index in [2.05, 4.69) is 9.80 Å². The van der Waals surface area contributed by atoms with Crippen molar-refractivity contribution in [3.05, 3.63) is 29.8 Å². The summed E-state index contributed by atoms with van der Waals surface area (Å²) in [5.74, 6) is -0.383. The van der Waals surface area contributed by atoms with Crippen LogP contribution in [0.5, 0.6) is 5.75 Å². The van der Waals surface area contributed by atoms with E-state index in [9.17, 15) is 9.90 Å². The van der Waals surface area contributed by atoms with Crippen LogP contribution in [0.1, 0.15) is 38.2 Å². The molecule has 0 spiro atoms. The van der Waals surface area contributed by atoms with E-state index >= 15 is 0 Å². The number of aliphatic carboxylic acids is 1. The predicted molar refractivity (Wildman–Crippen MR) is 104 cm³/mol.